The highest BCUT2D eigenvalue weighted by molar-refractivity contribution is 5.33. The zero-order valence-electron chi connectivity index (χ0n) is 10.5. The monoisotopic (exact) mass is 226 g/mol. The molecule has 0 aliphatic rings. The molecule has 0 bridgehead atoms. The van der Waals surface area contributed by atoms with E-state index in [4.69, 9.17) is 0 Å². The zero-order chi connectivity index (χ0) is 12.4. The molecule has 0 unspecified atom stereocenters. The Morgan fingerprint density at radius 1 is 0.875 bits per heavy atom. The first-order valence-corrected chi connectivity index (χ1v) is 5.56. The third kappa shape index (κ3) is 2.60. The smallest absolute Gasteiger partial charge is 0.0985 e. The van der Waals surface area contributed by atoms with E-state index in [-0.39, 0.29) is 0 Å². The van der Waals surface area contributed by atoms with Crippen LogP contribution in [0.2, 0.25) is 0 Å². The van der Waals surface area contributed by atoms with Gasteiger partial charge in [0.1, 0.15) is 0 Å². The highest BCUT2D eigenvalue weighted by atomic mass is 19.1. The summed E-state index contributed by atoms with van der Waals surface area (Å²) in [5.41, 5.74) is 0.855. The molecule has 0 heterocycles. The predicted octanol–water partition coefficient (Wildman–Crippen LogP) is 4.18. The Labute approximate surface area is 96.7 Å². The molecule has 0 spiro atoms. The third-order valence-electron chi connectivity index (χ3n) is 3.09. The number of rotatable bonds is 4. The molecule has 0 nitrogen and oxygen atoms in total. The lowest BCUT2D eigenvalue weighted by atomic mass is 9.80. The Bertz CT molecular complexity index is 322. The first-order chi connectivity index (χ1) is 7.33. The van der Waals surface area contributed by atoms with Gasteiger partial charge in [-0.1, -0.05) is 52.0 Å². The molecule has 2 heteroatoms. The van der Waals surface area contributed by atoms with Gasteiger partial charge in [0.05, 0.1) is 13.3 Å². The lowest BCUT2D eigenvalue weighted by molar-refractivity contribution is 0.342. The summed E-state index contributed by atoms with van der Waals surface area (Å²) in [5.74, 6) is 0. The van der Waals surface area contributed by atoms with E-state index >= 15 is 0 Å². The normalized spacial score (nSPS) is 12.9. The molecule has 0 saturated heterocycles. The topological polar surface area (TPSA) is 0 Å². The van der Waals surface area contributed by atoms with Gasteiger partial charge in [-0.2, -0.15) is 0 Å². The fourth-order valence-corrected chi connectivity index (χ4v) is 1.52. The molecule has 0 aromatic heterocycles. The summed E-state index contributed by atoms with van der Waals surface area (Å²) >= 11 is 0. The van der Waals surface area contributed by atoms with Crippen molar-refractivity contribution in [1.82, 2.24) is 0 Å². The molecular formula is C14H20F2. The summed E-state index contributed by atoms with van der Waals surface area (Å²) in [6, 6.07) is 7.59. The van der Waals surface area contributed by atoms with Crippen molar-refractivity contribution in [3.63, 3.8) is 0 Å². The van der Waals surface area contributed by atoms with Crippen LogP contribution in [0.5, 0.6) is 0 Å². The van der Waals surface area contributed by atoms with Crippen molar-refractivity contribution in [2.75, 3.05) is 13.3 Å². The molecule has 0 amide bonds. The Hall–Kier alpha value is -0.920. The summed E-state index contributed by atoms with van der Waals surface area (Å²) in [5, 5.41) is 0. The van der Waals surface area contributed by atoms with Gasteiger partial charge in [-0.15, -0.1) is 0 Å². The number of hydrogen-bond acceptors (Lipinski definition) is 0. The third-order valence-corrected chi connectivity index (χ3v) is 3.09. The highest BCUT2D eigenvalue weighted by Gasteiger charge is 2.25. The second-order valence-electron chi connectivity index (χ2n) is 5.62. The van der Waals surface area contributed by atoms with E-state index in [1.165, 1.54) is 0 Å². The predicted molar refractivity (Wildman–Crippen MR) is 64.4 cm³/mol. The highest BCUT2D eigenvalue weighted by Crippen LogP contribution is 2.29. The van der Waals surface area contributed by atoms with Crippen LogP contribution in [0, 0.1) is 0 Å². The van der Waals surface area contributed by atoms with E-state index in [0.717, 1.165) is 11.1 Å². The standard InChI is InChI=1S/C14H20F2/c1-13(2,9-15)11-6-5-7-12(8-11)14(3,4)10-16/h5-8H,9-10H2,1-4H3. The number of alkyl halides is 2. The van der Waals surface area contributed by atoms with Gasteiger partial charge in [-0.3, -0.25) is 8.78 Å². The van der Waals surface area contributed by atoms with Crippen molar-refractivity contribution in [3.8, 4) is 0 Å². The Balaban J connectivity index is 3.14. The van der Waals surface area contributed by atoms with E-state index in [1.807, 2.05) is 52.0 Å². The van der Waals surface area contributed by atoms with Crippen LogP contribution in [0.25, 0.3) is 0 Å². The van der Waals surface area contributed by atoms with Crippen molar-refractivity contribution in [2.24, 2.45) is 0 Å². The van der Waals surface area contributed by atoms with Gasteiger partial charge in [0.15, 0.2) is 0 Å². The summed E-state index contributed by atoms with van der Waals surface area (Å²) in [6.45, 7) is 6.60. The molecule has 0 atom stereocenters. The van der Waals surface area contributed by atoms with Crippen LogP contribution in [0.3, 0.4) is 0 Å². The number of halogens is 2. The molecule has 1 rings (SSSR count). The van der Waals surface area contributed by atoms with Gasteiger partial charge in [0.2, 0.25) is 0 Å². The van der Waals surface area contributed by atoms with E-state index < -0.39 is 24.2 Å². The maximum absolute atomic E-state index is 12.9. The molecule has 16 heavy (non-hydrogen) atoms. The second-order valence-corrected chi connectivity index (χ2v) is 5.62. The SMILES string of the molecule is CC(C)(CF)c1cccc(C(C)(C)CF)c1. The number of benzene rings is 1. The van der Waals surface area contributed by atoms with Crippen LogP contribution < -0.4 is 0 Å². The second kappa shape index (κ2) is 4.52. The van der Waals surface area contributed by atoms with Gasteiger partial charge < -0.3 is 0 Å². The summed E-state index contributed by atoms with van der Waals surface area (Å²) in [6.07, 6.45) is 0. The van der Waals surface area contributed by atoms with Crippen molar-refractivity contribution in [3.05, 3.63) is 35.4 Å². The fraction of sp³-hybridized carbons (Fsp3) is 0.571. The van der Waals surface area contributed by atoms with Gasteiger partial charge in [-0.25, -0.2) is 0 Å². The lowest BCUT2D eigenvalue weighted by Gasteiger charge is -2.26. The van der Waals surface area contributed by atoms with Gasteiger partial charge in [-0.05, 0) is 11.1 Å². The van der Waals surface area contributed by atoms with Gasteiger partial charge >= 0.3 is 0 Å². The average molecular weight is 226 g/mol. The Morgan fingerprint density at radius 3 is 1.56 bits per heavy atom. The van der Waals surface area contributed by atoms with Crippen molar-refractivity contribution < 1.29 is 8.78 Å². The molecule has 0 aliphatic carbocycles. The first-order valence-electron chi connectivity index (χ1n) is 5.56. The van der Waals surface area contributed by atoms with Crippen LogP contribution in [0.4, 0.5) is 8.78 Å². The molecule has 0 fully saturated rings. The maximum Gasteiger partial charge on any atom is 0.0985 e. The van der Waals surface area contributed by atoms with Crippen LogP contribution >= 0.6 is 0 Å². The molecule has 0 radical (unpaired) electrons. The minimum absolute atomic E-state index is 0.410. The van der Waals surface area contributed by atoms with Crippen molar-refractivity contribution in [1.29, 1.82) is 0 Å². The van der Waals surface area contributed by atoms with E-state index in [0.29, 0.717) is 0 Å². The minimum atomic E-state index is -0.498. The van der Waals surface area contributed by atoms with E-state index in [1.54, 1.807) is 0 Å². The van der Waals surface area contributed by atoms with E-state index in [2.05, 4.69) is 0 Å². The lowest BCUT2D eigenvalue weighted by Crippen LogP contribution is -2.23. The molecule has 0 aliphatic heterocycles. The van der Waals surface area contributed by atoms with Crippen LogP contribution in [0.15, 0.2) is 24.3 Å². The Kier molecular flexibility index (Phi) is 3.72. The van der Waals surface area contributed by atoms with E-state index in [9.17, 15) is 8.78 Å². The largest absolute Gasteiger partial charge is 0.250 e. The average Bonchev–Trinajstić information content (AvgIpc) is 2.29. The van der Waals surface area contributed by atoms with Crippen LogP contribution in [-0.2, 0) is 10.8 Å². The zero-order valence-corrected chi connectivity index (χ0v) is 10.5. The molecule has 1 aromatic rings. The summed E-state index contributed by atoms with van der Waals surface area (Å²) in [7, 11) is 0. The quantitative estimate of drug-likeness (QED) is 0.722. The molecule has 90 valence electrons. The molecule has 0 N–H and O–H groups in total. The molecule has 1 aromatic carbocycles. The Morgan fingerprint density at radius 2 is 1.25 bits per heavy atom. The minimum Gasteiger partial charge on any atom is -0.250 e. The van der Waals surface area contributed by atoms with Gasteiger partial charge in [0.25, 0.3) is 0 Å². The van der Waals surface area contributed by atoms with Crippen molar-refractivity contribution >= 4 is 0 Å². The fourth-order valence-electron chi connectivity index (χ4n) is 1.52. The van der Waals surface area contributed by atoms with Crippen LogP contribution in [0.1, 0.15) is 38.8 Å². The molecule has 0 saturated carbocycles. The number of hydrogen-bond donors (Lipinski definition) is 0. The van der Waals surface area contributed by atoms with Crippen LogP contribution in [-0.4, -0.2) is 13.3 Å². The summed E-state index contributed by atoms with van der Waals surface area (Å²) in [4.78, 5) is 0. The maximum atomic E-state index is 12.9. The first kappa shape index (κ1) is 13.1. The van der Waals surface area contributed by atoms with Gasteiger partial charge in [0, 0.05) is 10.8 Å². The summed E-state index contributed by atoms with van der Waals surface area (Å²) < 4.78 is 25.8. The van der Waals surface area contributed by atoms with Crippen molar-refractivity contribution in [2.45, 2.75) is 38.5 Å². The molecular weight excluding hydrogens is 206 g/mol.